The lowest BCUT2D eigenvalue weighted by Gasteiger charge is -2.23. The quantitative estimate of drug-likeness (QED) is 0.829. The average Bonchev–Trinajstić information content (AvgIpc) is 2.54. The highest BCUT2D eigenvalue weighted by Gasteiger charge is 2.17. The minimum Gasteiger partial charge on any atom is -0.367 e. The van der Waals surface area contributed by atoms with Crippen LogP contribution in [0.1, 0.15) is 24.9 Å². The predicted octanol–water partition coefficient (Wildman–Crippen LogP) is 1.17. The fraction of sp³-hybridized carbons (Fsp3) is 0.462. The zero-order chi connectivity index (χ0) is 13.1. The van der Waals surface area contributed by atoms with Gasteiger partial charge in [-0.05, 0) is 24.6 Å². The Balaban J connectivity index is 2.20. The van der Waals surface area contributed by atoms with E-state index in [4.69, 9.17) is 5.73 Å². The number of amides is 1. The molecule has 0 spiro atoms. The summed E-state index contributed by atoms with van der Waals surface area (Å²) in [5.74, 6) is -0.260. The van der Waals surface area contributed by atoms with Gasteiger partial charge in [-0.1, -0.05) is 6.07 Å². The zero-order valence-electron chi connectivity index (χ0n) is 10.4. The largest absolute Gasteiger partial charge is 0.367 e. The van der Waals surface area contributed by atoms with Gasteiger partial charge in [0.05, 0.1) is 5.69 Å². The topological polar surface area (TPSA) is 58.4 Å². The number of carbonyl (C=O) groups is 1. The Labute approximate surface area is 106 Å². The smallest absolute Gasteiger partial charge is 0.221 e. The minimum absolute atomic E-state index is 0.0186. The number of nitrogens with one attached hydrogen (secondary N) is 1. The third kappa shape index (κ3) is 2.79. The van der Waals surface area contributed by atoms with Crippen molar-refractivity contribution in [2.75, 3.05) is 24.5 Å². The van der Waals surface area contributed by atoms with Crippen LogP contribution in [-0.4, -0.2) is 25.5 Å². The Bertz CT molecular complexity index is 448. The Hall–Kier alpha value is -1.62. The number of benzene rings is 1. The van der Waals surface area contributed by atoms with Gasteiger partial charge in [-0.2, -0.15) is 0 Å². The number of carbonyl (C=O) groups excluding carboxylic acids is 1. The van der Waals surface area contributed by atoms with Crippen molar-refractivity contribution in [3.05, 3.63) is 29.6 Å². The lowest BCUT2D eigenvalue weighted by molar-refractivity contribution is -0.120. The molecule has 1 amide bonds. The number of rotatable bonds is 2. The van der Waals surface area contributed by atoms with Crippen molar-refractivity contribution in [2.24, 2.45) is 5.73 Å². The first-order chi connectivity index (χ1) is 8.58. The summed E-state index contributed by atoms with van der Waals surface area (Å²) in [5.41, 5.74) is 7.04. The normalized spacial score (nSPS) is 18.2. The second-order valence-corrected chi connectivity index (χ2v) is 4.59. The first-order valence-corrected chi connectivity index (χ1v) is 6.14. The van der Waals surface area contributed by atoms with Gasteiger partial charge in [0, 0.05) is 32.1 Å². The van der Waals surface area contributed by atoms with Crippen LogP contribution in [0.3, 0.4) is 0 Å². The van der Waals surface area contributed by atoms with Gasteiger partial charge in [0.15, 0.2) is 0 Å². The number of nitrogens with zero attached hydrogens (tertiary/aromatic N) is 1. The van der Waals surface area contributed by atoms with Crippen molar-refractivity contribution >= 4 is 11.6 Å². The van der Waals surface area contributed by atoms with E-state index in [0.717, 1.165) is 5.56 Å². The summed E-state index contributed by atoms with van der Waals surface area (Å²) in [6.45, 7) is 3.54. The van der Waals surface area contributed by atoms with Crippen LogP contribution in [0.4, 0.5) is 10.1 Å². The molecular formula is C13H18FN3O. The van der Waals surface area contributed by atoms with E-state index in [1.165, 1.54) is 6.07 Å². The molecule has 1 heterocycles. The van der Waals surface area contributed by atoms with Gasteiger partial charge in [0.2, 0.25) is 5.91 Å². The van der Waals surface area contributed by atoms with Crippen molar-refractivity contribution in [1.82, 2.24) is 5.32 Å². The van der Waals surface area contributed by atoms with Crippen LogP contribution in [0.15, 0.2) is 18.2 Å². The fourth-order valence-corrected chi connectivity index (χ4v) is 2.07. The molecule has 2 rings (SSSR count). The van der Waals surface area contributed by atoms with Crippen LogP contribution in [-0.2, 0) is 4.79 Å². The molecule has 0 unspecified atom stereocenters. The van der Waals surface area contributed by atoms with Crippen LogP contribution < -0.4 is 16.0 Å². The Morgan fingerprint density at radius 1 is 1.44 bits per heavy atom. The monoisotopic (exact) mass is 251 g/mol. The molecule has 0 saturated carbocycles. The molecule has 1 atom stereocenters. The second-order valence-electron chi connectivity index (χ2n) is 4.59. The molecule has 98 valence electrons. The molecule has 4 nitrogen and oxygen atoms in total. The van der Waals surface area contributed by atoms with Crippen LogP contribution in [0.2, 0.25) is 0 Å². The highest BCUT2D eigenvalue weighted by Crippen LogP contribution is 2.23. The van der Waals surface area contributed by atoms with Crippen LogP contribution in [0.25, 0.3) is 0 Å². The number of nitrogens with two attached hydrogens (primary N) is 1. The fourth-order valence-electron chi connectivity index (χ4n) is 2.07. The summed E-state index contributed by atoms with van der Waals surface area (Å²) < 4.78 is 14.0. The van der Waals surface area contributed by atoms with Gasteiger partial charge in [0.1, 0.15) is 5.82 Å². The maximum atomic E-state index is 14.0. The van der Waals surface area contributed by atoms with Gasteiger partial charge in [-0.15, -0.1) is 0 Å². The first-order valence-electron chi connectivity index (χ1n) is 6.14. The second kappa shape index (κ2) is 5.35. The molecule has 1 aromatic carbocycles. The van der Waals surface area contributed by atoms with Gasteiger partial charge >= 0.3 is 0 Å². The maximum absolute atomic E-state index is 14.0. The Morgan fingerprint density at radius 2 is 2.22 bits per heavy atom. The molecule has 0 aromatic heterocycles. The molecule has 1 saturated heterocycles. The van der Waals surface area contributed by atoms with E-state index < -0.39 is 0 Å². The zero-order valence-corrected chi connectivity index (χ0v) is 10.4. The van der Waals surface area contributed by atoms with Gasteiger partial charge in [-0.25, -0.2) is 4.39 Å². The molecule has 0 aliphatic carbocycles. The van der Waals surface area contributed by atoms with Crippen molar-refractivity contribution in [3.8, 4) is 0 Å². The van der Waals surface area contributed by atoms with E-state index in [0.29, 0.717) is 31.7 Å². The molecule has 18 heavy (non-hydrogen) atoms. The summed E-state index contributed by atoms with van der Waals surface area (Å²) >= 11 is 0. The summed E-state index contributed by atoms with van der Waals surface area (Å²) in [6, 6.07) is 4.87. The molecule has 1 aliphatic rings. The van der Waals surface area contributed by atoms with Crippen molar-refractivity contribution in [3.63, 3.8) is 0 Å². The SMILES string of the molecule is C[C@H](N)c1ccc(N2CCNC(=O)CC2)c(F)c1. The lowest BCUT2D eigenvalue weighted by atomic mass is 10.1. The summed E-state index contributed by atoms with van der Waals surface area (Å²) in [7, 11) is 0. The summed E-state index contributed by atoms with van der Waals surface area (Å²) in [6.07, 6.45) is 0.397. The number of anilines is 1. The molecule has 5 heteroatoms. The molecule has 1 aromatic rings. The number of hydrogen-bond acceptors (Lipinski definition) is 3. The summed E-state index contributed by atoms with van der Waals surface area (Å²) in [4.78, 5) is 13.1. The van der Waals surface area contributed by atoms with Crippen molar-refractivity contribution in [1.29, 1.82) is 0 Å². The minimum atomic E-state index is -0.279. The van der Waals surface area contributed by atoms with Crippen LogP contribution in [0, 0.1) is 5.82 Å². The van der Waals surface area contributed by atoms with Crippen molar-refractivity contribution < 1.29 is 9.18 Å². The van der Waals surface area contributed by atoms with E-state index in [-0.39, 0.29) is 17.8 Å². The van der Waals surface area contributed by atoms with E-state index in [1.54, 1.807) is 6.07 Å². The molecular weight excluding hydrogens is 233 g/mol. The lowest BCUT2D eigenvalue weighted by Crippen LogP contribution is -2.29. The average molecular weight is 251 g/mol. The van der Waals surface area contributed by atoms with E-state index in [9.17, 15) is 9.18 Å². The standard InChI is InChI=1S/C13H18FN3O/c1-9(15)10-2-3-12(11(14)8-10)17-6-4-13(18)16-5-7-17/h2-3,8-9H,4-7,15H2,1H3,(H,16,18)/t9-/m0/s1. The van der Waals surface area contributed by atoms with E-state index in [1.807, 2.05) is 17.9 Å². The predicted molar refractivity (Wildman–Crippen MR) is 68.8 cm³/mol. The molecule has 0 radical (unpaired) electrons. The van der Waals surface area contributed by atoms with Gasteiger partial charge in [0.25, 0.3) is 0 Å². The van der Waals surface area contributed by atoms with Gasteiger partial charge in [-0.3, -0.25) is 4.79 Å². The third-order valence-electron chi connectivity index (χ3n) is 3.15. The van der Waals surface area contributed by atoms with E-state index in [2.05, 4.69) is 5.32 Å². The summed E-state index contributed by atoms with van der Waals surface area (Å²) in [5, 5.41) is 2.77. The molecule has 1 aliphatic heterocycles. The van der Waals surface area contributed by atoms with Crippen molar-refractivity contribution in [2.45, 2.75) is 19.4 Å². The van der Waals surface area contributed by atoms with Crippen LogP contribution in [0.5, 0.6) is 0 Å². The van der Waals surface area contributed by atoms with E-state index >= 15 is 0 Å². The van der Waals surface area contributed by atoms with Gasteiger partial charge < -0.3 is 16.0 Å². The number of hydrogen-bond donors (Lipinski definition) is 2. The highest BCUT2D eigenvalue weighted by atomic mass is 19.1. The molecule has 3 N–H and O–H groups in total. The molecule has 0 bridgehead atoms. The third-order valence-corrected chi connectivity index (χ3v) is 3.15. The first kappa shape index (κ1) is 12.8. The highest BCUT2D eigenvalue weighted by molar-refractivity contribution is 5.77. The Morgan fingerprint density at radius 3 is 2.89 bits per heavy atom. The maximum Gasteiger partial charge on any atom is 0.221 e. The Kier molecular flexibility index (Phi) is 3.81. The number of halogens is 1. The molecule has 1 fully saturated rings. The van der Waals surface area contributed by atoms with Crippen LogP contribution >= 0.6 is 0 Å².